The highest BCUT2D eigenvalue weighted by atomic mass is 16.5. The smallest absolute Gasteiger partial charge is 0.341 e. The number of nitrogens with zero attached hydrogens (tertiary/aromatic N) is 4. The number of aryl methyl sites for hydroxylation is 1. The van der Waals surface area contributed by atoms with Gasteiger partial charge in [0, 0.05) is 46.0 Å². The molecule has 0 unspecified atom stereocenters. The number of esters is 1. The van der Waals surface area contributed by atoms with E-state index < -0.39 is 5.97 Å². The van der Waals surface area contributed by atoms with Crippen LogP contribution < -0.4 is 10.1 Å². The fourth-order valence-corrected chi connectivity index (χ4v) is 3.18. The van der Waals surface area contributed by atoms with Crippen LogP contribution in [0.4, 0.5) is 0 Å². The molecule has 1 aromatic carbocycles. The fourth-order valence-electron chi connectivity index (χ4n) is 3.18. The Bertz CT molecular complexity index is 873. The zero-order chi connectivity index (χ0) is 21.6. The summed E-state index contributed by atoms with van der Waals surface area (Å²) in [6, 6.07) is 5.40. The molecule has 0 aliphatic heterocycles. The van der Waals surface area contributed by atoms with E-state index in [1.807, 2.05) is 30.9 Å². The topological polar surface area (TPSA) is 81.0 Å². The van der Waals surface area contributed by atoms with E-state index in [1.54, 1.807) is 13.1 Å². The number of aliphatic imine (C=N–C) groups is 1. The summed E-state index contributed by atoms with van der Waals surface area (Å²) in [7, 11) is 8.57. The molecule has 1 N–H and O–H groups in total. The quantitative estimate of drug-likeness (QED) is 0.436. The van der Waals surface area contributed by atoms with Crippen LogP contribution >= 0.6 is 0 Å². The molecule has 0 aliphatic carbocycles. The number of benzene rings is 1. The van der Waals surface area contributed by atoms with Gasteiger partial charge in [-0.1, -0.05) is 19.9 Å². The van der Waals surface area contributed by atoms with Gasteiger partial charge in [0.05, 0.1) is 19.9 Å². The van der Waals surface area contributed by atoms with Gasteiger partial charge < -0.3 is 19.7 Å². The lowest BCUT2D eigenvalue weighted by atomic mass is 10.1. The van der Waals surface area contributed by atoms with Crippen molar-refractivity contribution in [3.63, 3.8) is 0 Å². The molecule has 0 fully saturated rings. The highest BCUT2D eigenvalue weighted by molar-refractivity contribution is 5.92. The van der Waals surface area contributed by atoms with Gasteiger partial charge in [0.15, 0.2) is 5.96 Å². The van der Waals surface area contributed by atoms with Crippen molar-refractivity contribution in [2.45, 2.75) is 32.9 Å². The van der Waals surface area contributed by atoms with Crippen LogP contribution in [0, 0.1) is 0 Å². The Morgan fingerprint density at radius 1 is 1.34 bits per heavy atom. The first-order valence-corrected chi connectivity index (χ1v) is 9.50. The lowest BCUT2D eigenvalue weighted by Gasteiger charge is -2.22. The van der Waals surface area contributed by atoms with Gasteiger partial charge in [-0.25, -0.2) is 4.79 Å². The van der Waals surface area contributed by atoms with Gasteiger partial charge in [0.25, 0.3) is 0 Å². The molecule has 0 atom stereocenters. The van der Waals surface area contributed by atoms with Crippen LogP contribution in [-0.4, -0.2) is 54.9 Å². The second kappa shape index (κ2) is 9.95. The van der Waals surface area contributed by atoms with Crippen molar-refractivity contribution in [3.05, 3.63) is 46.8 Å². The average Bonchev–Trinajstić information content (AvgIpc) is 3.07. The van der Waals surface area contributed by atoms with Gasteiger partial charge in [0.1, 0.15) is 11.3 Å². The summed E-state index contributed by atoms with van der Waals surface area (Å²) in [5, 5.41) is 7.92. The third kappa shape index (κ3) is 5.49. The van der Waals surface area contributed by atoms with Gasteiger partial charge in [-0.3, -0.25) is 9.67 Å². The first-order chi connectivity index (χ1) is 13.8. The number of carbonyl (C=O) groups excluding carboxylic acids is 1. The van der Waals surface area contributed by atoms with Crippen LogP contribution in [-0.2, 0) is 24.9 Å². The van der Waals surface area contributed by atoms with Crippen molar-refractivity contribution in [2.24, 2.45) is 12.0 Å². The Balaban J connectivity index is 2.08. The van der Waals surface area contributed by atoms with Crippen molar-refractivity contribution >= 4 is 11.9 Å². The minimum atomic E-state index is -0.422. The molecule has 8 nitrogen and oxygen atoms in total. The third-order valence-electron chi connectivity index (χ3n) is 4.59. The molecule has 2 aromatic rings. The molecule has 2 rings (SSSR count). The van der Waals surface area contributed by atoms with Crippen LogP contribution in [0.25, 0.3) is 0 Å². The first kappa shape index (κ1) is 22.3. The van der Waals surface area contributed by atoms with Crippen molar-refractivity contribution in [1.82, 2.24) is 20.0 Å². The Labute approximate surface area is 172 Å². The van der Waals surface area contributed by atoms with E-state index in [-0.39, 0.29) is 0 Å². The SMILES string of the molecule is CN=C(NCc1ccc(C(=O)OC)c(OC)c1)N(C)Cc1cn(C)nc1C(C)C. The Morgan fingerprint density at radius 2 is 2.07 bits per heavy atom. The van der Waals surface area contributed by atoms with E-state index in [1.165, 1.54) is 19.8 Å². The second-order valence-corrected chi connectivity index (χ2v) is 7.15. The van der Waals surface area contributed by atoms with E-state index in [9.17, 15) is 4.79 Å². The molecular weight excluding hydrogens is 370 g/mol. The summed E-state index contributed by atoms with van der Waals surface area (Å²) in [6.07, 6.45) is 2.05. The summed E-state index contributed by atoms with van der Waals surface area (Å²) in [5.41, 5.74) is 3.64. The number of hydrogen-bond donors (Lipinski definition) is 1. The van der Waals surface area contributed by atoms with Crippen LogP contribution in [0.5, 0.6) is 5.75 Å². The molecule has 0 spiro atoms. The van der Waals surface area contributed by atoms with Gasteiger partial charge in [0.2, 0.25) is 0 Å². The molecule has 0 saturated heterocycles. The van der Waals surface area contributed by atoms with E-state index in [4.69, 9.17) is 9.47 Å². The van der Waals surface area contributed by atoms with Crippen LogP contribution in [0.1, 0.15) is 46.9 Å². The molecule has 0 saturated carbocycles. The van der Waals surface area contributed by atoms with Crippen LogP contribution in [0.3, 0.4) is 0 Å². The van der Waals surface area contributed by atoms with Crippen molar-refractivity contribution < 1.29 is 14.3 Å². The molecule has 0 aliphatic rings. The zero-order valence-electron chi connectivity index (χ0n) is 18.3. The number of aromatic nitrogens is 2. The Kier molecular flexibility index (Phi) is 7.64. The molecule has 158 valence electrons. The van der Waals surface area contributed by atoms with E-state index in [0.717, 1.165) is 17.2 Å². The highest BCUT2D eigenvalue weighted by Gasteiger charge is 2.16. The summed E-state index contributed by atoms with van der Waals surface area (Å²) in [4.78, 5) is 18.2. The number of rotatable bonds is 7. The Morgan fingerprint density at radius 3 is 2.66 bits per heavy atom. The number of carbonyl (C=O) groups is 1. The first-order valence-electron chi connectivity index (χ1n) is 9.50. The lowest BCUT2D eigenvalue weighted by molar-refractivity contribution is 0.0597. The van der Waals surface area contributed by atoms with Crippen LogP contribution in [0.2, 0.25) is 0 Å². The minimum absolute atomic E-state index is 0.357. The maximum atomic E-state index is 11.8. The summed E-state index contributed by atoms with van der Waals surface area (Å²) in [5.74, 6) is 1.18. The summed E-state index contributed by atoms with van der Waals surface area (Å²) < 4.78 is 12.0. The van der Waals surface area contributed by atoms with Crippen molar-refractivity contribution in [2.75, 3.05) is 28.3 Å². The fraction of sp³-hybridized carbons (Fsp3) is 0.476. The number of guanidine groups is 1. The maximum absolute atomic E-state index is 11.8. The van der Waals surface area contributed by atoms with E-state index >= 15 is 0 Å². The van der Waals surface area contributed by atoms with Gasteiger partial charge >= 0.3 is 5.97 Å². The van der Waals surface area contributed by atoms with Gasteiger partial charge in [-0.05, 0) is 23.6 Å². The Hall–Kier alpha value is -3.03. The molecule has 1 heterocycles. The van der Waals surface area contributed by atoms with E-state index in [0.29, 0.717) is 30.3 Å². The molecule has 1 aromatic heterocycles. The molecule has 29 heavy (non-hydrogen) atoms. The van der Waals surface area contributed by atoms with Crippen LogP contribution in [0.15, 0.2) is 29.4 Å². The van der Waals surface area contributed by atoms with Crippen molar-refractivity contribution in [3.8, 4) is 5.75 Å². The lowest BCUT2D eigenvalue weighted by Crippen LogP contribution is -2.38. The van der Waals surface area contributed by atoms with Crippen molar-refractivity contribution in [1.29, 1.82) is 0 Å². The predicted octanol–water partition coefficient (Wildman–Crippen LogP) is 2.55. The molecule has 0 amide bonds. The minimum Gasteiger partial charge on any atom is -0.496 e. The second-order valence-electron chi connectivity index (χ2n) is 7.15. The number of methoxy groups -OCH3 is 2. The van der Waals surface area contributed by atoms with Gasteiger partial charge in [-0.15, -0.1) is 0 Å². The largest absolute Gasteiger partial charge is 0.496 e. The molecule has 8 heteroatoms. The number of nitrogens with one attached hydrogen (secondary N) is 1. The summed E-state index contributed by atoms with van der Waals surface area (Å²) >= 11 is 0. The third-order valence-corrected chi connectivity index (χ3v) is 4.59. The molecule has 0 radical (unpaired) electrons. The predicted molar refractivity (Wildman–Crippen MR) is 113 cm³/mol. The summed E-state index contributed by atoms with van der Waals surface area (Å²) in [6.45, 7) is 5.53. The van der Waals surface area contributed by atoms with E-state index in [2.05, 4.69) is 40.4 Å². The normalized spacial score (nSPS) is 11.5. The number of ether oxygens (including phenoxy) is 2. The zero-order valence-corrected chi connectivity index (χ0v) is 18.3. The molecule has 0 bridgehead atoms. The maximum Gasteiger partial charge on any atom is 0.341 e. The monoisotopic (exact) mass is 401 g/mol. The van der Waals surface area contributed by atoms with Gasteiger partial charge in [-0.2, -0.15) is 5.10 Å². The highest BCUT2D eigenvalue weighted by Crippen LogP contribution is 2.21. The molecular formula is C21H31N5O3. The average molecular weight is 402 g/mol. The number of hydrogen-bond acceptors (Lipinski definition) is 5. The standard InChI is InChI=1S/C21H31N5O3/c1-14(2)19-16(13-26(5)24-19)12-25(4)21(22-3)23-11-15-8-9-17(20(27)29-7)18(10-15)28-6/h8-10,13-14H,11-12H2,1-7H3,(H,22,23).